The molecule has 0 atom stereocenters. The van der Waals surface area contributed by atoms with Crippen LogP contribution in [0.25, 0.3) is 10.2 Å². The third-order valence-corrected chi connectivity index (χ3v) is 4.99. The molecule has 20 heavy (non-hydrogen) atoms. The highest BCUT2D eigenvalue weighted by Crippen LogP contribution is 2.33. The molecular weight excluding hydrogens is 303 g/mol. The number of halogens is 3. The molecule has 3 aromatic rings. The van der Waals surface area contributed by atoms with Crippen molar-refractivity contribution in [1.29, 1.82) is 0 Å². The van der Waals surface area contributed by atoms with Crippen molar-refractivity contribution in [2.24, 2.45) is 0 Å². The zero-order valence-corrected chi connectivity index (χ0v) is 11.7. The second kappa shape index (κ2) is 5.46. The van der Waals surface area contributed by atoms with E-state index in [1.165, 1.54) is 23.9 Å². The summed E-state index contributed by atoms with van der Waals surface area (Å²) in [5, 5.41) is 0. The molecule has 0 aliphatic heterocycles. The minimum Gasteiger partial charge on any atom is -0.230 e. The van der Waals surface area contributed by atoms with Gasteiger partial charge in [-0.3, -0.25) is 0 Å². The van der Waals surface area contributed by atoms with E-state index in [9.17, 15) is 13.2 Å². The fraction of sp³-hybridized carbons (Fsp3) is 0.0714. The zero-order valence-electron chi connectivity index (χ0n) is 10.1. The summed E-state index contributed by atoms with van der Waals surface area (Å²) in [6.07, 6.45) is 0. The van der Waals surface area contributed by atoms with Crippen molar-refractivity contribution in [2.45, 2.75) is 10.1 Å². The number of fused-ring (bicyclic) bond motifs is 1. The molecule has 1 aromatic heterocycles. The zero-order chi connectivity index (χ0) is 14.1. The summed E-state index contributed by atoms with van der Waals surface area (Å²) < 4.78 is 40.9. The van der Waals surface area contributed by atoms with Gasteiger partial charge in [0.1, 0.15) is 5.82 Å². The molecule has 0 N–H and O–H groups in total. The SMILES string of the molecule is Fc1ccccc1CSc1nc2ccc(F)c(F)c2s1. The number of rotatable bonds is 3. The van der Waals surface area contributed by atoms with E-state index in [1.807, 2.05) is 0 Å². The van der Waals surface area contributed by atoms with Gasteiger partial charge in [0.2, 0.25) is 0 Å². The number of thioether (sulfide) groups is 1. The number of aromatic nitrogens is 1. The summed E-state index contributed by atoms with van der Waals surface area (Å²) >= 11 is 2.38. The first-order valence-electron chi connectivity index (χ1n) is 5.76. The summed E-state index contributed by atoms with van der Waals surface area (Å²) in [4.78, 5) is 4.21. The van der Waals surface area contributed by atoms with E-state index in [1.54, 1.807) is 18.2 Å². The van der Waals surface area contributed by atoms with Crippen molar-refractivity contribution in [3.63, 3.8) is 0 Å². The maximum atomic E-state index is 13.6. The molecule has 0 amide bonds. The molecular formula is C14H8F3NS2. The van der Waals surface area contributed by atoms with Crippen molar-refractivity contribution in [1.82, 2.24) is 4.98 Å². The molecule has 0 aliphatic rings. The summed E-state index contributed by atoms with van der Waals surface area (Å²) in [6.45, 7) is 0. The monoisotopic (exact) mass is 311 g/mol. The van der Waals surface area contributed by atoms with Crippen LogP contribution >= 0.6 is 23.1 Å². The fourth-order valence-electron chi connectivity index (χ4n) is 1.73. The number of nitrogens with zero attached hydrogens (tertiary/aromatic N) is 1. The van der Waals surface area contributed by atoms with Gasteiger partial charge in [0.15, 0.2) is 16.0 Å². The summed E-state index contributed by atoms with van der Waals surface area (Å²) in [5.74, 6) is -1.64. The van der Waals surface area contributed by atoms with E-state index in [0.29, 0.717) is 21.2 Å². The van der Waals surface area contributed by atoms with E-state index in [4.69, 9.17) is 0 Å². The summed E-state index contributed by atoms with van der Waals surface area (Å²) in [7, 11) is 0. The first-order chi connectivity index (χ1) is 9.65. The Morgan fingerprint density at radius 2 is 1.80 bits per heavy atom. The van der Waals surface area contributed by atoms with E-state index in [0.717, 1.165) is 17.4 Å². The Morgan fingerprint density at radius 3 is 2.60 bits per heavy atom. The number of benzene rings is 2. The molecule has 1 nitrogen and oxygen atoms in total. The Kier molecular flexibility index (Phi) is 3.67. The lowest BCUT2D eigenvalue weighted by atomic mass is 10.2. The Labute approximate surface area is 121 Å². The van der Waals surface area contributed by atoms with Crippen LogP contribution in [0.2, 0.25) is 0 Å². The number of thiazole rings is 1. The van der Waals surface area contributed by atoms with Gasteiger partial charge in [-0.15, -0.1) is 11.3 Å². The summed E-state index contributed by atoms with van der Waals surface area (Å²) in [5.41, 5.74) is 0.980. The Hall–Kier alpha value is -1.53. The van der Waals surface area contributed by atoms with Gasteiger partial charge in [-0.25, -0.2) is 18.2 Å². The van der Waals surface area contributed by atoms with Crippen LogP contribution in [0, 0.1) is 17.5 Å². The summed E-state index contributed by atoms with van der Waals surface area (Å²) in [6, 6.07) is 8.96. The minimum atomic E-state index is -0.883. The smallest absolute Gasteiger partial charge is 0.178 e. The molecule has 3 rings (SSSR count). The molecule has 0 radical (unpaired) electrons. The molecule has 1 heterocycles. The van der Waals surface area contributed by atoms with E-state index >= 15 is 0 Å². The van der Waals surface area contributed by atoms with Crippen LogP contribution in [0.15, 0.2) is 40.7 Å². The van der Waals surface area contributed by atoms with Gasteiger partial charge in [0.25, 0.3) is 0 Å². The molecule has 0 unspecified atom stereocenters. The van der Waals surface area contributed by atoms with Crippen LogP contribution in [0.4, 0.5) is 13.2 Å². The topological polar surface area (TPSA) is 12.9 Å². The first-order valence-corrected chi connectivity index (χ1v) is 7.56. The first kappa shape index (κ1) is 13.5. The quantitative estimate of drug-likeness (QED) is 0.631. The van der Waals surface area contributed by atoms with Crippen LogP contribution in [0.3, 0.4) is 0 Å². The Morgan fingerprint density at radius 1 is 1.00 bits per heavy atom. The lowest BCUT2D eigenvalue weighted by Gasteiger charge is -1.99. The predicted molar refractivity (Wildman–Crippen MR) is 75.5 cm³/mol. The minimum absolute atomic E-state index is 0.195. The largest absolute Gasteiger partial charge is 0.230 e. The lowest BCUT2D eigenvalue weighted by Crippen LogP contribution is -1.85. The fourth-order valence-corrected chi connectivity index (χ4v) is 3.79. The van der Waals surface area contributed by atoms with E-state index in [-0.39, 0.29) is 10.5 Å². The number of hydrogen-bond donors (Lipinski definition) is 0. The predicted octanol–water partition coefficient (Wildman–Crippen LogP) is 5.01. The van der Waals surface area contributed by atoms with Crippen molar-refractivity contribution >= 4 is 33.3 Å². The maximum absolute atomic E-state index is 13.6. The van der Waals surface area contributed by atoms with Crippen LogP contribution in [-0.2, 0) is 5.75 Å². The highest BCUT2D eigenvalue weighted by molar-refractivity contribution is 8.00. The van der Waals surface area contributed by atoms with E-state index in [2.05, 4.69) is 4.98 Å². The van der Waals surface area contributed by atoms with Gasteiger partial charge in [-0.05, 0) is 23.8 Å². The Balaban J connectivity index is 1.85. The Bertz CT molecular complexity index is 770. The molecule has 0 saturated carbocycles. The highest BCUT2D eigenvalue weighted by atomic mass is 32.2. The van der Waals surface area contributed by atoms with Crippen LogP contribution in [0.1, 0.15) is 5.56 Å². The van der Waals surface area contributed by atoms with Crippen molar-refractivity contribution in [3.8, 4) is 0 Å². The van der Waals surface area contributed by atoms with Crippen molar-refractivity contribution in [3.05, 3.63) is 59.4 Å². The van der Waals surface area contributed by atoms with Crippen LogP contribution in [-0.4, -0.2) is 4.98 Å². The average Bonchev–Trinajstić information content (AvgIpc) is 2.86. The highest BCUT2D eigenvalue weighted by Gasteiger charge is 2.13. The molecule has 0 spiro atoms. The third-order valence-electron chi connectivity index (χ3n) is 2.74. The second-order valence-corrected chi connectivity index (χ2v) is 6.29. The third kappa shape index (κ3) is 2.53. The number of hydrogen-bond acceptors (Lipinski definition) is 3. The van der Waals surface area contributed by atoms with Crippen LogP contribution in [0.5, 0.6) is 0 Å². The van der Waals surface area contributed by atoms with Gasteiger partial charge < -0.3 is 0 Å². The maximum Gasteiger partial charge on any atom is 0.178 e. The molecule has 102 valence electrons. The van der Waals surface area contributed by atoms with Crippen molar-refractivity contribution < 1.29 is 13.2 Å². The molecule has 6 heteroatoms. The molecule has 0 bridgehead atoms. The van der Waals surface area contributed by atoms with Gasteiger partial charge in [-0.2, -0.15) is 0 Å². The standard InChI is InChI=1S/C14H8F3NS2/c15-9-4-2-1-3-8(9)7-19-14-18-11-6-5-10(16)12(17)13(11)20-14/h1-6H,7H2. The van der Waals surface area contributed by atoms with Crippen LogP contribution < -0.4 is 0 Å². The van der Waals surface area contributed by atoms with Gasteiger partial charge in [0, 0.05) is 5.75 Å². The molecule has 0 aliphatic carbocycles. The molecule has 0 saturated heterocycles. The van der Waals surface area contributed by atoms with E-state index < -0.39 is 11.6 Å². The molecule has 0 fully saturated rings. The van der Waals surface area contributed by atoms with Gasteiger partial charge in [-0.1, -0.05) is 30.0 Å². The second-order valence-electron chi connectivity index (χ2n) is 4.07. The van der Waals surface area contributed by atoms with Gasteiger partial charge in [0.05, 0.1) is 10.2 Å². The average molecular weight is 311 g/mol. The normalized spacial score (nSPS) is 11.2. The van der Waals surface area contributed by atoms with Crippen molar-refractivity contribution in [2.75, 3.05) is 0 Å². The molecule has 2 aromatic carbocycles. The lowest BCUT2D eigenvalue weighted by molar-refractivity contribution is 0.518. The van der Waals surface area contributed by atoms with Gasteiger partial charge >= 0.3 is 0 Å².